The van der Waals surface area contributed by atoms with Gasteiger partial charge in [0.1, 0.15) is 12.7 Å². The fourth-order valence-corrected chi connectivity index (χ4v) is 1.80. The Hall–Kier alpha value is -0.540. The highest BCUT2D eigenvalue weighted by atomic mass is 35.6. The lowest BCUT2D eigenvalue weighted by Gasteiger charge is -2.10. The first-order valence-electron chi connectivity index (χ1n) is 5.41. The molecular formula is C12H6Cl6N4. The lowest BCUT2D eigenvalue weighted by molar-refractivity contribution is 0.916. The molecule has 0 amide bonds. The van der Waals surface area contributed by atoms with E-state index in [1.54, 1.807) is 24.3 Å². The van der Waals surface area contributed by atoms with Crippen LogP contribution in [-0.2, 0) is 7.59 Å². The highest BCUT2D eigenvalue weighted by molar-refractivity contribution is 6.67. The fourth-order valence-electron chi connectivity index (χ4n) is 1.15. The summed E-state index contributed by atoms with van der Waals surface area (Å²) in [4.78, 5) is 10.8. The first kappa shape index (κ1) is 19.5. The molecule has 116 valence electrons. The van der Waals surface area contributed by atoms with Crippen LogP contribution in [0.3, 0.4) is 0 Å². The number of benzene rings is 1. The van der Waals surface area contributed by atoms with E-state index < -0.39 is 7.59 Å². The van der Waals surface area contributed by atoms with E-state index in [1.165, 1.54) is 12.7 Å². The first-order valence-corrected chi connectivity index (χ1v) is 7.68. The van der Waals surface area contributed by atoms with Crippen LogP contribution >= 0.6 is 69.6 Å². The van der Waals surface area contributed by atoms with Gasteiger partial charge in [-0.05, 0) is 12.1 Å². The van der Waals surface area contributed by atoms with Gasteiger partial charge in [-0.3, -0.25) is 0 Å². The van der Waals surface area contributed by atoms with Crippen LogP contribution in [0.2, 0.25) is 0 Å². The third-order valence-electron chi connectivity index (χ3n) is 2.07. The Labute approximate surface area is 156 Å². The summed E-state index contributed by atoms with van der Waals surface area (Å²) in [5, 5.41) is 8.55. The second kappa shape index (κ2) is 8.35. The molecule has 1 aromatic heterocycles. The van der Waals surface area contributed by atoms with E-state index >= 15 is 0 Å². The molecule has 1 aromatic carbocycles. The summed E-state index contributed by atoms with van der Waals surface area (Å²) in [6, 6.07) is 8.50. The molecule has 0 saturated carbocycles. The molecule has 2 rings (SSSR count). The maximum atomic E-state index is 8.55. The Bertz CT molecular complexity index is 645. The summed E-state index contributed by atoms with van der Waals surface area (Å²) in [7, 11) is 0. The van der Waals surface area contributed by atoms with E-state index in [1.807, 2.05) is 6.07 Å². The maximum Gasteiger partial charge on any atom is 0.250 e. The molecular weight excluding hydrogens is 413 g/mol. The summed E-state index contributed by atoms with van der Waals surface area (Å²) in [5.41, 5.74) is 0.991. The monoisotopic (exact) mass is 416 g/mol. The third kappa shape index (κ3) is 6.70. The van der Waals surface area contributed by atoms with Gasteiger partial charge in [0.2, 0.25) is 7.59 Å². The topological polar surface area (TPSA) is 62.5 Å². The van der Waals surface area contributed by atoms with Crippen LogP contribution in [-0.4, -0.2) is 15.0 Å². The van der Waals surface area contributed by atoms with Crippen molar-refractivity contribution in [3.8, 4) is 6.07 Å². The van der Waals surface area contributed by atoms with Crippen LogP contribution < -0.4 is 0 Å². The number of alkyl halides is 6. The molecule has 0 fully saturated rings. The van der Waals surface area contributed by atoms with Gasteiger partial charge >= 0.3 is 0 Å². The van der Waals surface area contributed by atoms with E-state index in [2.05, 4.69) is 15.0 Å². The van der Waals surface area contributed by atoms with Gasteiger partial charge in [-0.25, -0.2) is 15.0 Å². The molecule has 0 spiro atoms. The molecule has 0 atom stereocenters. The number of nitriles is 1. The summed E-state index contributed by atoms with van der Waals surface area (Å²) in [6.45, 7) is 0. The molecule has 0 unspecified atom stereocenters. The zero-order valence-electron chi connectivity index (χ0n) is 10.5. The van der Waals surface area contributed by atoms with Gasteiger partial charge in [-0.1, -0.05) is 81.7 Å². The molecule has 4 nitrogen and oxygen atoms in total. The second-order valence-corrected chi connectivity index (χ2v) is 8.21. The van der Waals surface area contributed by atoms with Crippen LogP contribution in [0.1, 0.15) is 17.0 Å². The van der Waals surface area contributed by atoms with Crippen molar-refractivity contribution >= 4 is 69.6 Å². The Balaban J connectivity index is 0.000000224. The van der Waals surface area contributed by atoms with Crippen LogP contribution in [0.5, 0.6) is 0 Å². The van der Waals surface area contributed by atoms with Gasteiger partial charge in [0, 0.05) is 5.56 Å². The maximum absolute atomic E-state index is 8.55. The predicted octanol–water partition coefficient (Wildman–Crippen LogP) is 5.08. The summed E-state index contributed by atoms with van der Waals surface area (Å²) < 4.78 is -3.00. The van der Waals surface area contributed by atoms with E-state index in [0.717, 1.165) is 0 Å². The van der Waals surface area contributed by atoms with E-state index in [-0.39, 0.29) is 5.82 Å². The van der Waals surface area contributed by atoms with Gasteiger partial charge in [-0.2, -0.15) is 5.26 Å². The van der Waals surface area contributed by atoms with E-state index in [4.69, 9.17) is 74.9 Å². The van der Waals surface area contributed by atoms with Gasteiger partial charge in [-0.15, -0.1) is 0 Å². The smallest absolute Gasteiger partial charge is 0.225 e. The Kier molecular flexibility index (Phi) is 7.40. The highest BCUT2D eigenvalue weighted by Crippen LogP contribution is 2.38. The van der Waals surface area contributed by atoms with Gasteiger partial charge in [0.15, 0.2) is 5.82 Å². The minimum Gasteiger partial charge on any atom is -0.225 e. The number of aromatic nitrogens is 3. The molecule has 0 aliphatic heterocycles. The van der Waals surface area contributed by atoms with Crippen LogP contribution in [0.25, 0.3) is 0 Å². The average molecular weight is 419 g/mol. The Morgan fingerprint density at radius 1 is 0.909 bits per heavy atom. The number of nitrogens with zero attached hydrogens (tertiary/aromatic N) is 4. The quantitative estimate of drug-likeness (QED) is 0.559. The molecule has 0 bridgehead atoms. The summed E-state index contributed by atoms with van der Waals surface area (Å²) in [6.07, 6.45) is 2.54. The zero-order chi connectivity index (χ0) is 16.8. The molecule has 0 N–H and O–H groups in total. The minimum absolute atomic E-state index is 0.132. The zero-order valence-corrected chi connectivity index (χ0v) is 15.1. The molecule has 0 aliphatic carbocycles. The standard InChI is InChI=1S/C8H4Cl3N.C4H2Cl3N3/c9-8(10,11)7-3-1-2-6(4-7)5-12;5-4(6,7)3-9-1-8-2-10-3/h1-4H;1-2H. The van der Waals surface area contributed by atoms with Crippen molar-refractivity contribution in [3.63, 3.8) is 0 Å². The van der Waals surface area contributed by atoms with E-state index in [0.29, 0.717) is 11.1 Å². The second-order valence-electron chi connectivity index (χ2n) is 3.65. The van der Waals surface area contributed by atoms with Crippen molar-refractivity contribution in [2.45, 2.75) is 7.59 Å². The highest BCUT2D eigenvalue weighted by Gasteiger charge is 2.25. The van der Waals surface area contributed by atoms with Gasteiger partial charge in [0.25, 0.3) is 0 Å². The largest absolute Gasteiger partial charge is 0.250 e. The molecule has 1 heterocycles. The molecule has 0 saturated heterocycles. The van der Waals surface area contributed by atoms with Crippen molar-refractivity contribution in [2.24, 2.45) is 0 Å². The summed E-state index contributed by atoms with van der Waals surface area (Å²) in [5.74, 6) is 0.132. The number of rotatable bonds is 0. The molecule has 2 aromatic rings. The Morgan fingerprint density at radius 3 is 1.91 bits per heavy atom. The molecule has 0 aliphatic rings. The molecule has 22 heavy (non-hydrogen) atoms. The fraction of sp³-hybridized carbons (Fsp3) is 0.167. The number of halogens is 6. The van der Waals surface area contributed by atoms with Crippen LogP contribution in [0, 0.1) is 11.3 Å². The van der Waals surface area contributed by atoms with Crippen molar-refractivity contribution in [3.05, 3.63) is 53.9 Å². The average Bonchev–Trinajstić information content (AvgIpc) is 2.47. The molecule has 0 radical (unpaired) electrons. The first-order chi connectivity index (χ1) is 10.1. The predicted molar refractivity (Wildman–Crippen MR) is 89.5 cm³/mol. The van der Waals surface area contributed by atoms with Crippen molar-refractivity contribution in [2.75, 3.05) is 0 Å². The van der Waals surface area contributed by atoms with Crippen LogP contribution in [0.15, 0.2) is 36.9 Å². The van der Waals surface area contributed by atoms with Crippen molar-refractivity contribution in [1.82, 2.24) is 15.0 Å². The van der Waals surface area contributed by atoms with E-state index in [9.17, 15) is 0 Å². The normalized spacial score (nSPS) is 11.1. The lowest BCUT2D eigenvalue weighted by atomic mass is 10.1. The van der Waals surface area contributed by atoms with Crippen molar-refractivity contribution in [1.29, 1.82) is 5.26 Å². The third-order valence-corrected chi connectivity index (χ3v) is 3.23. The van der Waals surface area contributed by atoms with Crippen molar-refractivity contribution < 1.29 is 0 Å². The van der Waals surface area contributed by atoms with Crippen LogP contribution in [0.4, 0.5) is 0 Å². The van der Waals surface area contributed by atoms with Gasteiger partial charge in [0.05, 0.1) is 11.6 Å². The molecule has 10 heteroatoms. The number of hydrogen-bond acceptors (Lipinski definition) is 4. The SMILES string of the molecule is ClC(Cl)(Cl)c1ncncn1.N#Cc1cccc(C(Cl)(Cl)Cl)c1. The lowest BCUT2D eigenvalue weighted by Crippen LogP contribution is -2.06. The Morgan fingerprint density at radius 2 is 1.50 bits per heavy atom. The van der Waals surface area contributed by atoms with Gasteiger partial charge < -0.3 is 0 Å². The summed E-state index contributed by atoms with van der Waals surface area (Å²) >= 11 is 33.1. The minimum atomic E-state index is -1.55. The number of hydrogen-bond donors (Lipinski definition) is 0.